The van der Waals surface area contributed by atoms with Crippen LogP contribution in [0.5, 0.6) is 0 Å². The van der Waals surface area contributed by atoms with E-state index in [0.717, 1.165) is 0 Å². The minimum absolute atomic E-state index is 0.0698. The third kappa shape index (κ3) is 4.63. The van der Waals surface area contributed by atoms with Gasteiger partial charge >= 0.3 is 0 Å². The first kappa shape index (κ1) is 16.1. The minimum Gasteiger partial charge on any atom is -0.366 e. The van der Waals surface area contributed by atoms with E-state index in [1.165, 1.54) is 5.56 Å². The van der Waals surface area contributed by atoms with Crippen LogP contribution in [0.4, 0.5) is 5.69 Å². The summed E-state index contributed by atoms with van der Waals surface area (Å²) in [6.07, 6.45) is 0. The van der Waals surface area contributed by atoms with Gasteiger partial charge < -0.3 is 11.1 Å². The first-order valence-electron chi connectivity index (χ1n) is 6.92. The van der Waals surface area contributed by atoms with Gasteiger partial charge in [-0.2, -0.15) is 0 Å². The number of carbonyl (C=O) groups is 2. The van der Waals surface area contributed by atoms with Crippen LogP contribution in [0.3, 0.4) is 0 Å². The Labute approximate surface area is 134 Å². The second kappa shape index (κ2) is 7.66. The van der Waals surface area contributed by atoms with Crippen molar-refractivity contribution in [3.05, 3.63) is 65.7 Å². The van der Waals surface area contributed by atoms with Crippen molar-refractivity contribution in [2.45, 2.75) is 12.2 Å². The van der Waals surface area contributed by atoms with Crippen molar-refractivity contribution in [3.63, 3.8) is 0 Å². The number of nitrogens with two attached hydrogens (primary N) is 1. The summed E-state index contributed by atoms with van der Waals surface area (Å²) in [5, 5.41) is 3.06. The number of benzene rings is 2. The fraction of sp³-hybridized carbons (Fsp3) is 0.176. The Morgan fingerprint density at radius 1 is 1.09 bits per heavy atom. The number of primary amides is 1. The highest BCUT2D eigenvalue weighted by atomic mass is 32.2. The summed E-state index contributed by atoms with van der Waals surface area (Å²) in [6, 6.07) is 16.6. The molecule has 1 atom stereocenters. The number of rotatable bonds is 6. The quantitative estimate of drug-likeness (QED) is 0.860. The standard InChI is InChI=1S/C17H18N2O2S/c1-12(13-5-3-2-4-6-13)22-11-16(20)19-15-9-7-14(8-10-15)17(18)21/h2-10,12H,11H2,1H3,(H2,18,21)(H,19,20)/t12-/m1/s1. The van der Waals surface area contributed by atoms with Gasteiger partial charge in [0.1, 0.15) is 0 Å². The molecule has 0 saturated carbocycles. The zero-order chi connectivity index (χ0) is 15.9. The molecule has 5 heteroatoms. The molecule has 0 aliphatic carbocycles. The van der Waals surface area contributed by atoms with Crippen LogP contribution in [0.15, 0.2) is 54.6 Å². The highest BCUT2D eigenvalue weighted by Crippen LogP contribution is 2.27. The molecule has 0 aliphatic rings. The van der Waals surface area contributed by atoms with E-state index < -0.39 is 5.91 Å². The van der Waals surface area contributed by atoms with Crippen molar-refractivity contribution in [2.24, 2.45) is 5.73 Å². The van der Waals surface area contributed by atoms with Crippen LogP contribution in [0.25, 0.3) is 0 Å². The summed E-state index contributed by atoms with van der Waals surface area (Å²) in [6.45, 7) is 2.08. The number of hydrogen-bond acceptors (Lipinski definition) is 3. The number of thioether (sulfide) groups is 1. The molecule has 2 rings (SSSR count). The molecule has 2 aromatic carbocycles. The summed E-state index contributed by atoms with van der Waals surface area (Å²) in [7, 11) is 0. The molecule has 0 aromatic heterocycles. The van der Waals surface area contributed by atoms with Gasteiger partial charge in [0.25, 0.3) is 0 Å². The molecule has 3 N–H and O–H groups in total. The summed E-state index contributed by atoms with van der Waals surface area (Å²) >= 11 is 1.58. The molecule has 114 valence electrons. The minimum atomic E-state index is -0.481. The Hall–Kier alpha value is -2.27. The van der Waals surface area contributed by atoms with Gasteiger partial charge in [-0.1, -0.05) is 30.3 Å². The topological polar surface area (TPSA) is 72.2 Å². The molecular formula is C17H18N2O2S. The van der Waals surface area contributed by atoms with Crippen LogP contribution in [0.2, 0.25) is 0 Å². The molecule has 0 unspecified atom stereocenters. The van der Waals surface area contributed by atoms with E-state index in [1.54, 1.807) is 36.0 Å². The van der Waals surface area contributed by atoms with Crippen LogP contribution in [0.1, 0.15) is 28.1 Å². The fourth-order valence-electron chi connectivity index (χ4n) is 1.94. The van der Waals surface area contributed by atoms with Crippen molar-refractivity contribution in [2.75, 3.05) is 11.1 Å². The van der Waals surface area contributed by atoms with E-state index in [4.69, 9.17) is 5.73 Å². The summed E-state index contributed by atoms with van der Waals surface area (Å²) in [4.78, 5) is 22.9. The first-order valence-corrected chi connectivity index (χ1v) is 7.97. The molecule has 0 fully saturated rings. The largest absolute Gasteiger partial charge is 0.366 e. The van der Waals surface area contributed by atoms with Gasteiger partial charge in [-0.15, -0.1) is 11.8 Å². The van der Waals surface area contributed by atoms with Gasteiger partial charge in [-0.05, 0) is 36.8 Å². The van der Waals surface area contributed by atoms with E-state index in [2.05, 4.69) is 24.4 Å². The molecule has 22 heavy (non-hydrogen) atoms. The second-order valence-electron chi connectivity index (χ2n) is 4.85. The number of amides is 2. The predicted octanol–water partition coefficient (Wildman–Crippen LogP) is 3.22. The van der Waals surface area contributed by atoms with Crippen molar-refractivity contribution < 1.29 is 9.59 Å². The molecule has 0 bridgehead atoms. The molecule has 2 aromatic rings. The van der Waals surface area contributed by atoms with E-state index in [9.17, 15) is 9.59 Å². The van der Waals surface area contributed by atoms with E-state index in [0.29, 0.717) is 17.0 Å². The second-order valence-corrected chi connectivity index (χ2v) is 6.18. The highest BCUT2D eigenvalue weighted by Gasteiger charge is 2.09. The first-order chi connectivity index (χ1) is 10.6. The lowest BCUT2D eigenvalue weighted by Gasteiger charge is -2.11. The SMILES string of the molecule is C[C@@H](SCC(=O)Nc1ccc(C(N)=O)cc1)c1ccccc1. The van der Waals surface area contributed by atoms with Crippen molar-refractivity contribution in [3.8, 4) is 0 Å². The van der Waals surface area contributed by atoms with E-state index in [-0.39, 0.29) is 11.2 Å². The van der Waals surface area contributed by atoms with Crippen LogP contribution < -0.4 is 11.1 Å². The summed E-state index contributed by atoms with van der Waals surface area (Å²) in [5.74, 6) is -0.182. The van der Waals surface area contributed by atoms with Gasteiger partial charge in [0, 0.05) is 16.5 Å². The molecule has 0 heterocycles. The van der Waals surface area contributed by atoms with E-state index >= 15 is 0 Å². The Bertz CT molecular complexity index is 641. The lowest BCUT2D eigenvalue weighted by molar-refractivity contribution is -0.113. The van der Waals surface area contributed by atoms with Crippen molar-refractivity contribution in [1.82, 2.24) is 0 Å². The normalized spacial score (nSPS) is 11.7. The maximum absolute atomic E-state index is 11.9. The van der Waals surface area contributed by atoms with Crippen LogP contribution in [-0.4, -0.2) is 17.6 Å². The average molecular weight is 314 g/mol. The smallest absolute Gasteiger partial charge is 0.248 e. The van der Waals surface area contributed by atoms with Crippen molar-refractivity contribution in [1.29, 1.82) is 0 Å². The Kier molecular flexibility index (Phi) is 5.61. The average Bonchev–Trinajstić information content (AvgIpc) is 2.54. The number of carbonyl (C=O) groups excluding carboxylic acids is 2. The number of hydrogen-bond donors (Lipinski definition) is 2. The molecule has 2 amide bonds. The van der Waals surface area contributed by atoms with E-state index in [1.807, 2.05) is 18.2 Å². The maximum Gasteiger partial charge on any atom is 0.248 e. The zero-order valence-electron chi connectivity index (χ0n) is 12.3. The van der Waals surface area contributed by atoms with Gasteiger partial charge in [-0.3, -0.25) is 9.59 Å². The molecule has 0 aliphatic heterocycles. The molecule has 0 spiro atoms. The third-order valence-corrected chi connectivity index (χ3v) is 4.39. The third-order valence-electron chi connectivity index (χ3n) is 3.19. The molecule has 0 saturated heterocycles. The monoisotopic (exact) mass is 314 g/mol. The van der Waals surface area contributed by atoms with Gasteiger partial charge in [0.15, 0.2) is 0 Å². The summed E-state index contributed by atoms with van der Waals surface area (Å²) < 4.78 is 0. The predicted molar refractivity (Wildman–Crippen MR) is 90.9 cm³/mol. The lowest BCUT2D eigenvalue weighted by Crippen LogP contribution is -2.15. The Balaban J connectivity index is 1.84. The lowest BCUT2D eigenvalue weighted by atomic mass is 10.2. The fourth-order valence-corrected chi connectivity index (χ4v) is 2.76. The van der Waals surface area contributed by atoms with Crippen LogP contribution in [0, 0.1) is 0 Å². The number of anilines is 1. The van der Waals surface area contributed by atoms with Crippen LogP contribution in [-0.2, 0) is 4.79 Å². The highest BCUT2D eigenvalue weighted by molar-refractivity contribution is 8.00. The molecular weight excluding hydrogens is 296 g/mol. The zero-order valence-corrected chi connectivity index (χ0v) is 13.1. The van der Waals surface area contributed by atoms with Gasteiger partial charge in [0.2, 0.25) is 11.8 Å². The Morgan fingerprint density at radius 2 is 1.73 bits per heavy atom. The van der Waals surface area contributed by atoms with Gasteiger partial charge in [-0.25, -0.2) is 0 Å². The molecule has 0 radical (unpaired) electrons. The van der Waals surface area contributed by atoms with Crippen molar-refractivity contribution >= 4 is 29.3 Å². The number of nitrogens with one attached hydrogen (secondary N) is 1. The maximum atomic E-state index is 11.9. The molecule has 4 nitrogen and oxygen atoms in total. The Morgan fingerprint density at radius 3 is 2.32 bits per heavy atom. The summed E-state index contributed by atoms with van der Waals surface area (Å²) in [5.41, 5.74) is 7.45. The van der Waals surface area contributed by atoms with Gasteiger partial charge in [0.05, 0.1) is 5.75 Å². The van der Waals surface area contributed by atoms with Crippen LogP contribution >= 0.6 is 11.8 Å².